The molecule has 0 unspecified atom stereocenters. The van der Waals surface area contributed by atoms with Crippen LogP contribution in [0.15, 0.2) is 12.1 Å². The molecule has 2 saturated carbocycles. The fourth-order valence-corrected chi connectivity index (χ4v) is 5.63. The zero-order valence-electron chi connectivity index (χ0n) is 15.5. The average molecular weight is 379 g/mol. The van der Waals surface area contributed by atoms with E-state index in [4.69, 9.17) is 0 Å². The minimum absolute atomic E-state index is 0.0367. The summed E-state index contributed by atoms with van der Waals surface area (Å²) in [5.41, 5.74) is 4.21. The molecular formula is C21H31BrO. The molecule has 0 aliphatic heterocycles. The molecule has 3 rings (SSSR count). The predicted octanol–water partition coefficient (Wildman–Crippen LogP) is 6.51. The van der Waals surface area contributed by atoms with E-state index in [1.165, 1.54) is 30.4 Å². The van der Waals surface area contributed by atoms with Crippen LogP contribution in [0, 0.1) is 16.7 Å². The smallest absolute Gasteiger partial charge is 0.122 e. The van der Waals surface area contributed by atoms with E-state index in [0.29, 0.717) is 22.5 Å². The summed E-state index contributed by atoms with van der Waals surface area (Å²) in [4.78, 5) is 0. The van der Waals surface area contributed by atoms with Crippen LogP contribution in [0.25, 0.3) is 0 Å². The summed E-state index contributed by atoms with van der Waals surface area (Å²) in [6.45, 7) is 13.9. The molecule has 0 saturated heterocycles. The quantitative estimate of drug-likeness (QED) is 0.581. The van der Waals surface area contributed by atoms with Crippen molar-refractivity contribution in [3.63, 3.8) is 0 Å². The maximum atomic E-state index is 11.1. The largest absolute Gasteiger partial charge is 0.507 e. The first-order valence-corrected chi connectivity index (χ1v) is 10.1. The molecule has 2 bridgehead atoms. The number of hydrogen-bond donors (Lipinski definition) is 1. The van der Waals surface area contributed by atoms with Crippen molar-refractivity contribution >= 4 is 15.9 Å². The first kappa shape index (κ1) is 17.3. The third-order valence-electron chi connectivity index (χ3n) is 7.33. The number of phenolic OH excluding ortho intramolecular Hbond substituents is 1. The Kier molecular flexibility index (Phi) is 3.95. The van der Waals surface area contributed by atoms with Gasteiger partial charge < -0.3 is 5.11 Å². The van der Waals surface area contributed by atoms with E-state index in [1.807, 2.05) is 0 Å². The summed E-state index contributed by atoms with van der Waals surface area (Å²) >= 11 is 3.62. The van der Waals surface area contributed by atoms with E-state index in [-0.39, 0.29) is 5.41 Å². The molecule has 2 fully saturated rings. The highest BCUT2D eigenvalue weighted by molar-refractivity contribution is 9.08. The van der Waals surface area contributed by atoms with Gasteiger partial charge in [-0.05, 0) is 64.0 Å². The third kappa shape index (κ3) is 2.39. The Morgan fingerprint density at radius 1 is 1.22 bits per heavy atom. The average Bonchev–Trinajstić information content (AvgIpc) is 2.79. The summed E-state index contributed by atoms with van der Waals surface area (Å²) in [5, 5.41) is 11.9. The van der Waals surface area contributed by atoms with Gasteiger partial charge in [0.05, 0.1) is 0 Å². The Bertz CT molecular complexity index is 625. The number of alkyl halides is 1. The van der Waals surface area contributed by atoms with Crippen LogP contribution >= 0.6 is 15.9 Å². The second kappa shape index (κ2) is 5.25. The van der Waals surface area contributed by atoms with Crippen LogP contribution in [0.1, 0.15) is 83.4 Å². The third-order valence-corrected chi connectivity index (χ3v) is 7.98. The van der Waals surface area contributed by atoms with Crippen LogP contribution in [0.4, 0.5) is 0 Å². The standard InChI is InChI=1S/C21H31BrO/c1-19(2,3)17-10-13(12-22)9-15(18(17)23)16-11-14-7-8-21(16,6)20(14,4)5/h9-10,14,16,23H,7-8,11-12H2,1-6H3/t14-,16+,21+/m1/s1. The van der Waals surface area contributed by atoms with Gasteiger partial charge in [-0.25, -0.2) is 0 Å². The Morgan fingerprint density at radius 2 is 1.87 bits per heavy atom. The molecule has 3 atom stereocenters. The van der Waals surface area contributed by atoms with Crippen molar-refractivity contribution in [1.29, 1.82) is 0 Å². The fourth-order valence-electron chi connectivity index (χ4n) is 5.31. The SMILES string of the molecule is CC(C)(C)c1cc(CBr)cc([C@@H]2C[C@H]3CC[C@]2(C)C3(C)C)c1O. The van der Waals surface area contributed by atoms with E-state index >= 15 is 0 Å². The van der Waals surface area contributed by atoms with Crippen LogP contribution in [0.5, 0.6) is 5.75 Å². The molecule has 0 aromatic heterocycles. The van der Waals surface area contributed by atoms with Gasteiger partial charge in [0.15, 0.2) is 0 Å². The highest BCUT2D eigenvalue weighted by atomic mass is 79.9. The number of benzene rings is 1. The molecule has 0 radical (unpaired) electrons. The van der Waals surface area contributed by atoms with Gasteiger partial charge in [0.25, 0.3) is 0 Å². The predicted molar refractivity (Wildman–Crippen MR) is 101 cm³/mol. The Morgan fingerprint density at radius 3 is 2.30 bits per heavy atom. The molecule has 0 amide bonds. The minimum Gasteiger partial charge on any atom is -0.507 e. The van der Waals surface area contributed by atoms with E-state index < -0.39 is 0 Å². The molecule has 23 heavy (non-hydrogen) atoms. The molecule has 2 heteroatoms. The molecular weight excluding hydrogens is 348 g/mol. The maximum Gasteiger partial charge on any atom is 0.122 e. The maximum absolute atomic E-state index is 11.1. The lowest BCUT2D eigenvalue weighted by molar-refractivity contribution is 0.133. The Balaban J connectivity index is 2.15. The Labute approximate surface area is 150 Å². The monoisotopic (exact) mass is 378 g/mol. The fraction of sp³-hybridized carbons (Fsp3) is 0.714. The number of aromatic hydroxyl groups is 1. The Hall–Kier alpha value is -0.500. The van der Waals surface area contributed by atoms with Crippen molar-refractivity contribution in [2.45, 2.75) is 77.5 Å². The van der Waals surface area contributed by atoms with Gasteiger partial charge in [-0.1, -0.05) is 69.6 Å². The van der Waals surface area contributed by atoms with Crippen LogP contribution in [0.3, 0.4) is 0 Å². The molecule has 128 valence electrons. The minimum atomic E-state index is -0.0367. The zero-order chi connectivity index (χ0) is 17.2. The molecule has 1 nitrogen and oxygen atoms in total. The molecule has 1 N–H and O–H groups in total. The first-order valence-electron chi connectivity index (χ1n) is 8.94. The van der Waals surface area contributed by atoms with Crippen molar-refractivity contribution in [3.8, 4) is 5.75 Å². The van der Waals surface area contributed by atoms with Crippen LogP contribution in [-0.4, -0.2) is 5.11 Å². The number of phenols is 1. The zero-order valence-corrected chi connectivity index (χ0v) is 17.0. The van der Waals surface area contributed by atoms with Gasteiger partial charge in [0, 0.05) is 5.33 Å². The molecule has 2 aliphatic rings. The molecule has 1 aromatic carbocycles. The van der Waals surface area contributed by atoms with Crippen molar-refractivity contribution < 1.29 is 5.11 Å². The van der Waals surface area contributed by atoms with Gasteiger partial charge in [-0.15, -0.1) is 0 Å². The van der Waals surface area contributed by atoms with Crippen LogP contribution in [-0.2, 0) is 10.7 Å². The molecule has 2 aliphatic carbocycles. The second-order valence-electron chi connectivity index (χ2n) is 9.63. The summed E-state index contributed by atoms with van der Waals surface area (Å²) in [7, 11) is 0. The van der Waals surface area contributed by atoms with E-state index in [2.05, 4.69) is 69.6 Å². The van der Waals surface area contributed by atoms with Gasteiger partial charge in [0.1, 0.15) is 5.75 Å². The lowest BCUT2D eigenvalue weighted by atomic mass is 9.64. The number of rotatable bonds is 2. The van der Waals surface area contributed by atoms with Gasteiger partial charge in [-0.3, -0.25) is 0 Å². The van der Waals surface area contributed by atoms with Gasteiger partial charge in [-0.2, -0.15) is 0 Å². The molecule has 0 heterocycles. The van der Waals surface area contributed by atoms with Crippen molar-refractivity contribution in [1.82, 2.24) is 0 Å². The summed E-state index contributed by atoms with van der Waals surface area (Å²) in [5.74, 6) is 1.83. The van der Waals surface area contributed by atoms with Crippen molar-refractivity contribution in [2.75, 3.05) is 0 Å². The normalized spacial score (nSPS) is 32.5. The van der Waals surface area contributed by atoms with Crippen molar-refractivity contribution in [3.05, 3.63) is 28.8 Å². The molecule has 0 spiro atoms. The lowest BCUT2D eigenvalue weighted by Gasteiger charge is -2.40. The van der Waals surface area contributed by atoms with Crippen LogP contribution in [0.2, 0.25) is 0 Å². The topological polar surface area (TPSA) is 20.2 Å². The number of hydrogen-bond acceptors (Lipinski definition) is 1. The number of fused-ring (bicyclic) bond motifs is 2. The number of halogens is 1. The van der Waals surface area contributed by atoms with Gasteiger partial charge in [0.2, 0.25) is 0 Å². The van der Waals surface area contributed by atoms with Crippen molar-refractivity contribution in [2.24, 2.45) is 16.7 Å². The summed E-state index contributed by atoms with van der Waals surface area (Å²) < 4.78 is 0. The highest BCUT2D eigenvalue weighted by Gasteiger charge is 2.61. The highest BCUT2D eigenvalue weighted by Crippen LogP contribution is 2.71. The second-order valence-corrected chi connectivity index (χ2v) is 10.2. The molecule has 1 aromatic rings. The summed E-state index contributed by atoms with van der Waals surface area (Å²) in [6.07, 6.45) is 3.87. The van der Waals surface area contributed by atoms with E-state index in [9.17, 15) is 5.11 Å². The first-order chi connectivity index (χ1) is 10.5. The van der Waals surface area contributed by atoms with E-state index in [1.54, 1.807) is 0 Å². The summed E-state index contributed by atoms with van der Waals surface area (Å²) in [6, 6.07) is 4.43. The van der Waals surface area contributed by atoms with E-state index in [0.717, 1.165) is 16.8 Å². The van der Waals surface area contributed by atoms with Crippen LogP contribution < -0.4 is 0 Å². The lowest BCUT2D eigenvalue weighted by Crippen LogP contribution is -2.31. The van der Waals surface area contributed by atoms with Gasteiger partial charge >= 0.3 is 0 Å².